The number of hydrogen-bond donors (Lipinski definition) is 0. The van der Waals surface area contributed by atoms with E-state index in [9.17, 15) is 4.79 Å². The summed E-state index contributed by atoms with van der Waals surface area (Å²) >= 11 is 0. The Morgan fingerprint density at radius 2 is 2.40 bits per heavy atom. The highest BCUT2D eigenvalue weighted by Gasteiger charge is 2.31. The Labute approximate surface area is 117 Å². The summed E-state index contributed by atoms with van der Waals surface area (Å²) in [5, 5.41) is 0. The van der Waals surface area contributed by atoms with E-state index in [1.54, 1.807) is 12.3 Å². The number of ether oxygens (including phenoxy) is 1. The fourth-order valence-electron chi connectivity index (χ4n) is 2.71. The zero-order chi connectivity index (χ0) is 14.1. The number of methoxy groups -OCH3 is 1. The molecule has 0 bridgehead atoms. The molecule has 5 heteroatoms. The molecule has 0 aliphatic carbocycles. The monoisotopic (exact) mass is 272 g/mol. The van der Waals surface area contributed by atoms with Gasteiger partial charge in [-0.2, -0.15) is 0 Å². The number of carbonyl (C=O) groups excluding carboxylic acids is 1. The number of benzene rings is 1. The molecule has 0 saturated heterocycles. The summed E-state index contributed by atoms with van der Waals surface area (Å²) in [5.74, 6) is 0.708. The second-order valence-corrected chi connectivity index (χ2v) is 4.76. The molecule has 0 amide bonds. The van der Waals surface area contributed by atoms with Gasteiger partial charge in [-0.3, -0.25) is 0 Å². The summed E-state index contributed by atoms with van der Waals surface area (Å²) in [5.41, 5.74) is 2.80. The number of hydrogen-bond acceptors (Lipinski definition) is 5. The lowest BCUT2D eigenvalue weighted by Gasteiger charge is -2.17. The van der Waals surface area contributed by atoms with Crippen LogP contribution in [-0.2, 0) is 4.74 Å². The fourth-order valence-corrected chi connectivity index (χ4v) is 2.71. The summed E-state index contributed by atoms with van der Waals surface area (Å²) in [7, 11) is 1.39. The molecule has 20 heavy (non-hydrogen) atoms. The van der Waals surface area contributed by atoms with Gasteiger partial charge in [-0.15, -0.1) is 0 Å². The lowest BCUT2D eigenvalue weighted by atomic mass is 9.98. The van der Waals surface area contributed by atoms with E-state index in [2.05, 4.69) is 16.8 Å². The second-order valence-electron chi connectivity index (χ2n) is 4.76. The minimum atomic E-state index is -0.313. The van der Waals surface area contributed by atoms with Crippen molar-refractivity contribution in [3.05, 3.63) is 47.7 Å². The Morgan fingerprint density at radius 1 is 1.55 bits per heavy atom. The molecule has 3 rings (SSSR count). The normalized spacial score (nSPS) is 17.1. The van der Waals surface area contributed by atoms with Crippen LogP contribution in [0.15, 0.2) is 35.2 Å². The highest BCUT2D eigenvalue weighted by molar-refractivity contribution is 5.91. The topological polar surface area (TPSA) is 55.6 Å². The molecule has 1 atom stereocenters. The van der Waals surface area contributed by atoms with Crippen LogP contribution in [-0.4, -0.2) is 31.2 Å². The van der Waals surface area contributed by atoms with E-state index in [-0.39, 0.29) is 11.9 Å². The standard InChI is InChI=1S/C15H16N2O3/c1-3-17-8-12(14-7-16-9-20-14)11-5-4-10(6-13(11)17)15(18)19-2/h4-7,9,12H,3,8H2,1-2H3. The van der Waals surface area contributed by atoms with Crippen LogP contribution in [0.3, 0.4) is 0 Å². The molecule has 104 valence electrons. The van der Waals surface area contributed by atoms with Gasteiger partial charge in [0.15, 0.2) is 6.39 Å². The Morgan fingerprint density at radius 3 is 3.05 bits per heavy atom. The van der Waals surface area contributed by atoms with E-state index in [1.807, 2.05) is 12.1 Å². The molecule has 0 spiro atoms. The van der Waals surface area contributed by atoms with Crippen molar-refractivity contribution < 1.29 is 13.9 Å². The van der Waals surface area contributed by atoms with E-state index < -0.39 is 0 Å². The van der Waals surface area contributed by atoms with Crippen molar-refractivity contribution >= 4 is 11.7 Å². The molecular weight excluding hydrogens is 256 g/mol. The second kappa shape index (κ2) is 5.00. The minimum absolute atomic E-state index is 0.166. The first-order valence-electron chi connectivity index (χ1n) is 6.60. The maximum absolute atomic E-state index is 11.6. The van der Waals surface area contributed by atoms with Crippen LogP contribution in [0.5, 0.6) is 0 Å². The van der Waals surface area contributed by atoms with Crippen LogP contribution in [0.4, 0.5) is 5.69 Å². The van der Waals surface area contributed by atoms with Gasteiger partial charge in [0.25, 0.3) is 0 Å². The Hall–Kier alpha value is -2.30. The zero-order valence-electron chi connectivity index (χ0n) is 11.5. The maximum Gasteiger partial charge on any atom is 0.337 e. The van der Waals surface area contributed by atoms with Crippen molar-refractivity contribution in [3.8, 4) is 0 Å². The average molecular weight is 272 g/mol. The largest absolute Gasteiger partial charge is 0.465 e. The summed E-state index contributed by atoms with van der Waals surface area (Å²) < 4.78 is 10.2. The molecule has 0 N–H and O–H groups in total. The van der Waals surface area contributed by atoms with Gasteiger partial charge >= 0.3 is 5.97 Å². The molecular formula is C15H16N2O3. The van der Waals surface area contributed by atoms with Crippen molar-refractivity contribution in [2.45, 2.75) is 12.8 Å². The zero-order valence-corrected chi connectivity index (χ0v) is 11.5. The van der Waals surface area contributed by atoms with Gasteiger partial charge in [0.2, 0.25) is 0 Å². The van der Waals surface area contributed by atoms with E-state index >= 15 is 0 Å². The van der Waals surface area contributed by atoms with Crippen molar-refractivity contribution in [1.82, 2.24) is 4.98 Å². The molecule has 2 heterocycles. The van der Waals surface area contributed by atoms with Gasteiger partial charge in [-0.25, -0.2) is 9.78 Å². The summed E-state index contributed by atoms with van der Waals surface area (Å²) in [4.78, 5) is 17.9. The van der Waals surface area contributed by atoms with Crippen LogP contribution >= 0.6 is 0 Å². The third-order valence-electron chi connectivity index (χ3n) is 3.75. The number of anilines is 1. The number of carbonyl (C=O) groups is 1. The molecule has 1 aliphatic rings. The smallest absolute Gasteiger partial charge is 0.337 e. The van der Waals surface area contributed by atoms with Crippen molar-refractivity contribution in [2.24, 2.45) is 0 Å². The first kappa shape index (κ1) is 12.7. The summed E-state index contributed by atoms with van der Waals surface area (Å²) in [6, 6.07) is 5.67. The number of esters is 1. The first-order chi connectivity index (χ1) is 9.74. The Kier molecular flexibility index (Phi) is 3.18. The highest BCUT2D eigenvalue weighted by atomic mass is 16.5. The van der Waals surface area contributed by atoms with E-state index in [1.165, 1.54) is 13.5 Å². The van der Waals surface area contributed by atoms with Crippen LogP contribution in [0.25, 0.3) is 0 Å². The number of aromatic nitrogens is 1. The first-order valence-corrected chi connectivity index (χ1v) is 6.60. The van der Waals surface area contributed by atoms with Crippen molar-refractivity contribution in [1.29, 1.82) is 0 Å². The number of rotatable bonds is 3. The van der Waals surface area contributed by atoms with Gasteiger partial charge in [0.05, 0.1) is 24.8 Å². The lowest BCUT2D eigenvalue weighted by Crippen LogP contribution is -2.21. The van der Waals surface area contributed by atoms with Gasteiger partial charge in [-0.05, 0) is 24.6 Å². The van der Waals surface area contributed by atoms with Crippen LogP contribution < -0.4 is 4.90 Å². The van der Waals surface area contributed by atoms with Crippen LogP contribution in [0.2, 0.25) is 0 Å². The molecule has 1 aromatic heterocycles. The van der Waals surface area contributed by atoms with Gasteiger partial charge < -0.3 is 14.1 Å². The molecule has 5 nitrogen and oxygen atoms in total. The predicted molar refractivity (Wildman–Crippen MR) is 74.0 cm³/mol. The van der Waals surface area contributed by atoms with Crippen molar-refractivity contribution in [2.75, 3.05) is 25.1 Å². The fraction of sp³-hybridized carbons (Fsp3) is 0.333. The third kappa shape index (κ3) is 1.95. The molecule has 0 radical (unpaired) electrons. The summed E-state index contributed by atoms with van der Waals surface area (Å²) in [6.07, 6.45) is 3.20. The van der Waals surface area contributed by atoms with Crippen molar-refractivity contribution in [3.63, 3.8) is 0 Å². The van der Waals surface area contributed by atoms with Gasteiger partial charge in [-0.1, -0.05) is 6.07 Å². The molecule has 2 aromatic rings. The highest BCUT2D eigenvalue weighted by Crippen LogP contribution is 2.40. The Bertz CT molecular complexity index is 622. The van der Waals surface area contributed by atoms with E-state index in [0.717, 1.165) is 30.1 Å². The van der Waals surface area contributed by atoms with Crippen LogP contribution in [0.1, 0.15) is 34.5 Å². The molecule has 1 aliphatic heterocycles. The maximum atomic E-state index is 11.6. The minimum Gasteiger partial charge on any atom is -0.465 e. The van der Waals surface area contributed by atoms with E-state index in [4.69, 9.17) is 9.15 Å². The molecule has 1 unspecified atom stereocenters. The molecule has 0 saturated carbocycles. The average Bonchev–Trinajstić information content (AvgIpc) is 3.12. The molecule has 0 fully saturated rings. The predicted octanol–water partition coefficient (Wildman–Crippen LogP) is 2.43. The number of likely N-dealkylation sites (N-methyl/N-ethyl adjacent to an activating group) is 1. The van der Waals surface area contributed by atoms with E-state index in [0.29, 0.717) is 5.56 Å². The van der Waals surface area contributed by atoms with Gasteiger partial charge in [0, 0.05) is 18.8 Å². The third-order valence-corrected chi connectivity index (χ3v) is 3.75. The Balaban J connectivity index is 2.03. The number of oxazole rings is 1. The summed E-state index contributed by atoms with van der Waals surface area (Å²) in [6.45, 7) is 3.81. The van der Waals surface area contributed by atoms with Gasteiger partial charge in [0.1, 0.15) is 5.76 Å². The van der Waals surface area contributed by atoms with Crippen LogP contribution in [0, 0.1) is 0 Å². The lowest BCUT2D eigenvalue weighted by molar-refractivity contribution is 0.0601. The quantitative estimate of drug-likeness (QED) is 0.803. The number of nitrogens with zero attached hydrogens (tertiary/aromatic N) is 2. The number of fused-ring (bicyclic) bond motifs is 1. The SMILES string of the molecule is CCN1CC(c2cnco2)c2ccc(C(=O)OC)cc21. The molecule has 1 aromatic carbocycles.